The number of aliphatic hydroxyl groups excluding tert-OH is 1. The lowest BCUT2D eigenvalue weighted by molar-refractivity contribution is -0.0791. The molecule has 1 saturated heterocycles. The van der Waals surface area contributed by atoms with E-state index in [1.165, 1.54) is 17.0 Å². The van der Waals surface area contributed by atoms with Crippen LogP contribution in [0.4, 0.5) is 27.6 Å². The molecular weight excluding hydrogens is 491 g/mol. The molecule has 37 heavy (non-hydrogen) atoms. The van der Waals surface area contributed by atoms with E-state index in [-0.39, 0.29) is 30.5 Å². The number of anilines is 1. The van der Waals surface area contributed by atoms with Crippen molar-refractivity contribution in [2.75, 3.05) is 51.3 Å². The summed E-state index contributed by atoms with van der Waals surface area (Å²) in [5.41, 5.74) is 2.08. The van der Waals surface area contributed by atoms with Gasteiger partial charge in [0.25, 0.3) is 5.92 Å². The van der Waals surface area contributed by atoms with Gasteiger partial charge in [-0.1, -0.05) is 18.2 Å². The highest BCUT2D eigenvalue weighted by Gasteiger charge is 2.40. The van der Waals surface area contributed by atoms with Gasteiger partial charge in [-0.05, 0) is 43.0 Å². The van der Waals surface area contributed by atoms with E-state index < -0.39 is 36.8 Å². The number of aromatic amines is 1. The Balaban J connectivity index is 1.47. The number of nitrogens with one attached hydrogen (secondary N) is 2. The molecule has 0 spiro atoms. The molecule has 3 heterocycles. The van der Waals surface area contributed by atoms with Crippen molar-refractivity contribution in [2.24, 2.45) is 0 Å². The van der Waals surface area contributed by atoms with Crippen LogP contribution >= 0.6 is 0 Å². The summed E-state index contributed by atoms with van der Waals surface area (Å²) in [6, 6.07) is 8.73. The summed E-state index contributed by atoms with van der Waals surface area (Å²) in [6.07, 6.45) is 1.65. The zero-order chi connectivity index (χ0) is 26.2. The molecule has 2 aromatic carbocycles. The molecule has 2 aliphatic heterocycles. The summed E-state index contributed by atoms with van der Waals surface area (Å²) >= 11 is 0. The molecule has 2 unspecified atom stereocenters. The summed E-state index contributed by atoms with van der Waals surface area (Å²) in [6.45, 7) is -0.348. The number of likely N-dealkylation sites (tertiary alicyclic amines) is 1. The Hall–Kier alpha value is -2.69. The molecule has 200 valence electrons. The number of hydrogen-bond acceptors (Lipinski definition) is 4. The highest BCUT2D eigenvalue weighted by molar-refractivity contribution is 5.85. The molecule has 0 bridgehead atoms. The van der Waals surface area contributed by atoms with Crippen molar-refractivity contribution in [1.82, 2.24) is 14.8 Å². The first-order chi connectivity index (χ1) is 17.8. The first-order valence-electron chi connectivity index (χ1n) is 12.7. The lowest BCUT2D eigenvalue weighted by Crippen LogP contribution is -2.45. The zero-order valence-electron chi connectivity index (χ0n) is 20.4. The van der Waals surface area contributed by atoms with Gasteiger partial charge in [-0.3, -0.25) is 9.29 Å². The normalized spacial score (nSPS) is 21.0. The number of fused-ring (bicyclic) bond motifs is 3. The van der Waals surface area contributed by atoms with Crippen LogP contribution < -0.4 is 5.32 Å². The third-order valence-electron chi connectivity index (χ3n) is 7.40. The predicted molar refractivity (Wildman–Crippen MR) is 133 cm³/mol. The van der Waals surface area contributed by atoms with E-state index in [2.05, 4.69) is 15.2 Å². The Labute approximate surface area is 212 Å². The molecular formula is C27H31F5N4O. The van der Waals surface area contributed by atoms with E-state index in [0.717, 1.165) is 29.4 Å². The topological polar surface area (TPSA) is 54.5 Å². The van der Waals surface area contributed by atoms with Crippen molar-refractivity contribution < 1.29 is 27.1 Å². The third-order valence-corrected chi connectivity index (χ3v) is 7.40. The summed E-state index contributed by atoms with van der Waals surface area (Å²) in [4.78, 5) is 6.66. The van der Waals surface area contributed by atoms with Gasteiger partial charge in [-0.25, -0.2) is 17.6 Å². The van der Waals surface area contributed by atoms with Crippen molar-refractivity contribution in [2.45, 2.75) is 37.3 Å². The Bertz CT molecular complexity index is 1230. The van der Waals surface area contributed by atoms with Gasteiger partial charge in [0, 0.05) is 60.1 Å². The second-order valence-electron chi connectivity index (χ2n) is 10.0. The first-order valence-corrected chi connectivity index (χ1v) is 12.7. The lowest BCUT2D eigenvalue weighted by atomic mass is 9.91. The summed E-state index contributed by atoms with van der Waals surface area (Å²) in [5, 5.41) is 13.2. The minimum absolute atomic E-state index is 0.0287. The van der Waals surface area contributed by atoms with E-state index in [9.17, 15) is 18.3 Å². The molecule has 0 aliphatic carbocycles. The molecule has 5 nitrogen and oxygen atoms in total. The molecule has 0 amide bonds. The second kappa shape index (κ2) is 10.6. The van der Waals surface area contributed by atoms with E-state index in [4.69, 9.17) is 0 Å². The molecule has 2 atom stereocenters. The fraction of sp³-hybridized carbons (Fsp3) is 0.481. The van der Waals surface area contributed by atoms with Gasteiger partial charge in [0.15, 0.2) is 0 Å². The third kappa shape index (κ3) is 5.32. The average molecular weight is 523 g/mol. The van der Waals surface area contributed by atoms with Gasteiger partial charge in [0.1, 0.15) is 18.2 Å². The maximum absolute atomic E-state index is 15.6. The summed E-state index contributed by atoms with van der Waals surface area (Å²) in [5.74, 6) is -5.08. The molecule has 1 aromatic heterocycles. The molecule has 10 heteroatoms. The molecule has 0 saturated carbocycles. The molecule has 0 radical (unpaired) electrons. The number of hydrogen-bond donors (Lipinski definition) is 3. The van der Waals surface area contributed by atoms with Gasteiger partial charge in [0.05, 0.1) is 19.3 Å². The minimum Gasteiger partial charge on any atom is -0.390 e. The lowest BCUT2D eigenvalue weighted by Gasteiger charge is -2.38. The van der Waals surface area contributed by atoms with E-state index in [1.807, 2.05) is 24.3 Å². The van der Waals surface area contributed by atoms with Gasteiger partial charge in [-0.15, -0.1) is 0 Å². The van der Waals surface area contributed by atoms with Crippen LogP contribution in [0.25, 0.3) is 10.9 Å². The van der Waals surface area contributed by atoms with Crippen LogP contribution in [-0.2, 0) is 6.42 Å². The zero-order valence-corrected chi connectivity index (χ0v) is 20.4. The van der Waals surface area contributed by atoms with Crippen LogP contribution in [0.2, 0.25) is 0 Å². The highest BCUT2D eigenvalue weighted by Crippen LogP contribution is 2.41. The maximum Gasteiger partial charge on any atom is 0.283 e. The van der Waals surface area contributed by atoms with Crippen LogP contribution in [0, 0.1) is 11.6 Å². The van der Waals surface area contributed by atoms with Crippen LogP contribution in [0.1, 0.15) is 35.7 Å². The van der Waals surface area contributed by atoms with Crippen molar-refractivity contribution in [3.8, 4) is 0 Å². The number of benzene rings is 2. The number of aliphatic hydroxyl groups is 1. The largest absolute Gasteiger partial charge is 0.390 e. The van der Waals surface area contributed by atoms with Crippen LogP contribution in [-0.4, -0.2) is 77.9 Å². The van der Waals surface area contributed by atoms with Crippen molar-refractivity contribution >= 4 is 16.6 Å². The van der Waals surface area contributed by atoms with Crippen molar-refractivity contribution in [3.63, 3.8) is 0 Å². The highest BCUT2D eigenvalue weighted by atomic mass is 19.3. The van der Waals surface area contributed by atoms with E-state index in [0.29, 0.717) is 31.6 Å². The number of H-pyrrole nitrogens is 1. The Kier molecular flexibility index (Phi) is 7.42. The van der Waals surface area contributed by atoms with Crippen LogP contribution in [0.3, 0.4) is 0 Å². The molecule has 1 fully saturated rings. The Morgan fingerprint density at radius 1 is 1.11 bits per heavy atom. The van der Waals surface area contributed by atoms with Crippen LogP contribution in [0.15, 0.2) is 36.4 Å². The fourth-order valence-electron chi connectivity index (χ4n) is 5.74. The summed E-state index contributed by atoms with van der Waals surface area (Å²) < 4.78 is 72.3. The quantitative estimate of drug-likeness (QED) is 0.351. The monoisotopic (exact) mass is 522 g/mol. The molecule has 5 rings (SSSR count). The SMILES string of the molecule is OCC(F)(F)CN1CCc2c([nH]c3ccccc23)C1c1c(F)cc(NC2CCN(CCCF)C2)cc1F. The number of halogens is 5. The number of nitrogens with zero attached hydrogens (tertiary/aromatic N) is 2. The smallest absolute Gasteiger partial charge is 0.283 e. The van der Waals surface area contributed by atoms with Gasteiger partial charge in [-0.2, -0.15) is 0 Å². The predicted octanol–water partition coefficient (Wildman–Crippen LogP) is 4.87. The number of alkyl halides is 3. The van der Waals surface area contributed by atoms with Gasteiger partial charge >= 0.3 is 0 Å². The standard InChI is InChI=1S/C27H31F5N4O/c28-8-3-9-35-10-6-17(14-35)33-18-12-21(29)24(22(30)13-18)26-25-20(19-4-1-2-5-23(19)34-25)7-11-36(26)15-27(31,32)16-37/h1-2,4-5,12-13,17,26,33-34,37H,3,6-11,14-16H2. The average Bonchev–Trinajstić information content (AvgIpc) is 3.47. The van der Waals surface area contributed by atoms with Gasteiger partial charge < -0.3 is 20.3 Å². The second-order valence-corrected chi connectivity index (χ2v) is 10.0. The number of para-hydroxylation sites is 1. The van der Waals surface area contributed by atoms with Crippen molar-refractivity contribution in [1.29, 1.82) is 0 Å². The fourth-order valence-corrected chi connectivity index (χ4v) is 5.74. The number of aromatic nitrogens is 1. The minimum atomic E-state index is -3.42. The molecule has 3 N–H and O–H groups in total. The van der Waals surface area contributed by atoms with Crippen LogP contribution in [0.5, 0.6) is 0 Å². The summed E-state index contributed by atoms with van der Waals surface area (Å²) in [7, 11) is 0. The molecule has 2 aliphatic rings. The Morgan fingerprint density at radius 2 is 1.86 bits per heavy atom. The number of rotatable bonds is 9. The van der Waals surface area contributed by atoms with E-state index in [1.54, 1.807) is 0 Å². The molecule has 3 aromatic rings. The maximum atomic E-state index is 15.6. The van der Waals surface area contributed by atoms with Crippen molar-refractivity contribution in [3.05, 3.63) is 64.9 Å². The Morgan fingerprint density at radius 3 is 2.59 bits per heavy atom. The van der Waals surface area contributed by atoms with E-state index >= 15 is 8.78 Å². The first kappa shape index (κ1) is 25.9. The van der Waals surface area contributed by atoms with Gasteiger partial charge in [0.2, 0.25) is 0 Å².